The largest absolute Gasteiger partial charge is 0.298 e. The average Bonchev–Trinajstić information content (AvgIpc) is 2.69. The predicted molar refractivity (Wildman–Crippen MR) is 59.7 cm³/mol. The zero-order chi connectivity index (χ0) is 10.6. The van der Waals surface area contributed by atoms with Gasteiger partial charge in [-0.1, -0.05) is 26.7 Å². The van der Waals surface area contributed by atoms with Crippen LogP contribution in [0.3, 0.4) is 0 Å². The van der Waals surface area contributed by atoms with Gasteiger partial charge >= 0.3 is 0 Å². The smallest absolute Gasteiger partial charge is 0.148 e. The molecular formula is C11H20O2S. The molecule has 2 nitrogen and oxygen atoms in total. The molecule has 1 saturated carbocycles. The molecule has 0 heterocycles. The van der Waals surface area contributed by atoms with Crippen molar-refractivity contribution in [1.82, 2.24) is 0 Å². The molecule has 0 aliphatic heterocycles. The minimum atomic E-state index is -0.897. The van der Waals surface area contributed by atoms with Crippen molar-refractivity contribution in [2.24, 2.45) is 5.92 Å². The van der Waals surface area contributed by atoms with Gasteiger partial charge in [0.2, 0.25) is 0 Å². The van der Waals surface area contributed by atoms with Gasteiger partial charge in [0.1, 0.15) is 5.78 Å². The molecule has 0 aromatic carbocycles. The molecule has 2 atom stereocenters. The summed E-state index contributed by atoms with van der Waals surface area (Å²) in [7, 11) is -0.897. The van der Waals surface area contributed by atoms with E-state index in [0.29, 0.717) is 11.0 Å². The van der Waals surface area contributed by atoms with Gasteiger partial charge in [-0.25, -0.2) is 0 Å². The molecule has 0 N–H and O–H groups in total. The maximum Gasteiger partial charge on any atom is 0.148 e. The number of carbonyl (C=O) groups is 1. The molecule has 1 aliphatic carbocycles. The maximum atomic E-state index is 11.8. The van der Waals surface area contributed by atoms with E-state index in [4.69, 9.17) is 0 Å². The fourth-order valence-corrected chi connectivity index (χ4v) is 3.44. The summed E-state index contributed by atoms with van der Waals surface area (Å²) in [5, 5.41) is 0.308. The van der Waals surface area contributed by atoms with Crippen molar-refractivity contribution in [3.63, 3.8) is 0 Å². The highest BCUT2D eigenvalue weighted by atomic mass is 32.2. The SMILES string of the molecule is CCC(C)C(=O)CS(=O)C1CCCC1. The van der Waals surface area contributed by atoms with E-state index in [1.807, 2.05) is 13.8 Å². The molecule has 14 heavy (non-hydrogen) atoms. The molecule has 0 aromatic heterocycles. The first-order valence-corrected chi connectivity index (χ1v) is 6.93. The lowest BCUT2D eigenvalue weighted by atomic mass is 10.1. The summed E-state index contributed by atoms with van der Waals surface area (Å²) in [5.74, 6) is 0.553. The van der Waals surface area contributed by atoms with Crippen LogP contribution in [0.25, 0.3) is 0 Å². The first kappa shape index (κ1) is 11.9. The highest BCUT2D eigenvalue weighted by Gasteiger charge is 2.24. The van der Waals surface area contributed by atoms with Crippen LogP contribution in [0.15, 0.2) is 0 Å². The van der Waals surface area contributed by atoms with Crippen LogP contribution in [0.5, 0.6) is 0 Å². The van der Waals surface area contributed by atoms with E-state index in [9.17, 15) is 9.00 Å². The van der Waals surface area contributed by atoms with E-state index in [-0.39, 0.29) is 11.7 Å². The Bertz CT molecular complexity index is 219. The Labute approximate surface area is 88.9 Å². The van der Waals surface area contributed by atoms with Gasteiger partial charge in [-0.15, -0.1) is 0 Å². The van der Waals surface area contributed by atoms with Crippen molar-refractivity contribution >= 4 is 16.6 Å². The third kappa shape index (κ3) is 3.19. The lowest BCUT2D eigenvalue weighted by Gasteiger charge is -2.11. The Morgan fingerprint density at radius 2 is 2.00 bits per heavy atom. The summed E-state index contributed by atoms with van der Waals surface area (Å²) in [5.41, 5.74) is 0. The van der Waals surface area contributed by atoms with Crippen LogP contribution in [0.4, 0.5) is 0 Å². The number of hydrogen-bond acceptors (Lipinski definition) is 2. The van der Waals surface area contributed by atoms with E-state index in [0.717, 1.165) is 19.3 Å². The minimum Gasteiger partial charge on any atom is -0.298 e. The Hall–Kier alpha value is -0.180. The van der Waals surface area contributed by atoms with Gasteiger partial charge in [-0.2, -0.15) is 0 Å². The van der Waals surface area contributed by atoms with Gasteiger partial charge in [-0.05, 0) is 19.3 Å². The Kier molecular flexibility index (Phi) is 4.79. The summed E-state index contributed by atoms with van der Waals surface area (Å²) in [4.78, 5) is 11.5. The molecule has 2 unspecified atom stereocenters. The van der Waals surface area contributed by atoms with Crippen LogP contribution in [0.1, 0.15) is 46.0 Å². The van der Waals surface area contributed by atoms with E-state index in [2.05, 4.69) is 0 Å². The van der Waals surface area contributed by atoms with Gasteiger partial charge in [0.05, 0.1) is 5.75 Å². The quantitative estimate of drug-likeness (QED) is 0.706. The first-order chi connectivity index (χ1) is 6.65. The van der Waals surface area contributed by atoms with E-state index >= 15 is 0 Å². The molecular weight excluding hydrogens is 196 g/mol. The zero-order valence-corrected chi connectivity index (χ0v) is 9.94. The minimum absolute atomic E-state index is 0.0837. The van der Waals surface area contributed by atoms with Gasteiger partial charge < -0.3 is 0 Å². The van der Waals surface area contributed by atoms with Crippen molar-refractivity contribution in [1.29, 1.82) is 0 Å². The van der Waals surface area contributed by atoms with Crippen molar-refractivity contribution in [2.75, 3.05) is 5.75 Å². The average molecular weight is 216 g/mol. The van der Waals surface area contributed by atoms with Crippen molar-refractivity contribution in [2.45, 2.75) is 51.2 Å². The normalized spacial score (nSPS) is 22.1. The number of hydrogen-bond donors (Lipinski definition) is 0. The van der Waals surface area contributed by atoms with Gasteiger partial charge in [0, 0.05) is 22.0 Å². The van der Waals surface area contributed by atoms with Gasteiger partial charge in [0.15, 0.2) is 0 Å². The van der Waals surface area contributed by atoms with Crippen LogP contribution >= 0.6 is 0 Å². The fourth-order valence-electron chi connectivity index (χ4n) is 1.78. The van der Waals surface area contributed by atoms with Crippen LogP contribution in [0, 0.1) is 5.92 Å². The second-order valence-corrected chi connectivity index (χ2v) is 5.92. The lowest BCUT2D eigenvalue weighted by Crippen LogP contribution is -2.23. The summed E-state index contributed by atoms with van der Waals surface area (Å²) in [6.07, 6.45) is 5.35. The second kappa shape index (κ2) is 5.64. The molecule has 1 fully saturated rings. The van der Waals surface area contributed by atoms with Crippen LogP contribution in [0.2, 0.25) is 0 Å². The highest BCUT2D eigenvalue weighted by molar-refractivity contribution is 7.86. The molecule has 0 spiro atoms. The lowest BCUT2D eigenvalue weighted by molar-refractivity contribution is -0.119. The molecule has 0 saturated heterocycles. The van der Waals surface area contributed by atoms with Crippen LogP contribution in [-0.2, 0) is 15.6 Å². The molecule has 82 valence electrons. The van der Waals surface area contributed by atoms with Crippen molar-refractivity contribution < 1.29 is 9.00 Å². The number of ketones is 1. The van der Waals surface area contributed by atoms with Crippen molar-refractivity contribution in [3.8, 4) is 0 Å². The first-order valence-electron chi connectivity index (χ1n) is 5.55. The van der Waals surface area contributed by atoms with Crippen molar-refractivity contribution in [3.05, 3.63) is 0 Å². The highest BCUT2D eigenvalue weighted by Crippen LogP contribution is 2.23. The summed E-state index contributed by atoms with van der Waals surface area (Å²) in [6, 6.07) is 0. The molecule has 1 aliphatic rings. The molecule has 0 aromatic rings. The number of Topliss-reactive ketones (excluding diaryl/α,β-unsaturated/α-hetero) is 1. The van der Waals surface area contributed by atoms with E-state index in [1.165, 1.54) is 12.8 Å². The molecule has 3 heteroatoms. The van der Waals surface area contributed by atoms with E-state index < -0.39 is 10.8 Å². The Balaban J connectivity index is 2.35. The second-order valence-electron chi connectivity index (χ2n) is 4.21. The van der Waals surface area contributed by atoms with Gasteiger partial charge in [0.25, 0.3) is 0 Å². The summed E-state index contributed by atoms with van der Waals surface area (Å²) in [6.45, 7) is 3.93. The third-order valence-electron chi connectivity index (χ3n) is 3.12. The standard InChI is InChI=1S/C11H20O2S/c1-3-9(2)11(12)8-14(13)10-6-4-5-7-10/h9-10H,3-8H2,1-2H3. The van der Waals surface area contributed by atoms with Crippen LogP contribution in [-0.4, -0.2) is 21.0 Å². The van der Waals surface area contributed by atoms with Crippen LogP contribution < -0.4 is 0 Å². The Morgan fingerprint density at radius 3 is 2.50 bits per heavy atom. The Morgan fingerprint density at radius 1 is 1.43 bits per heavy atom. The molecule has 1 rings (SSSR count). The fraction of sp³-hybridized carbons (Fsp3) is 0.909. The van der Waals surface area contributed by atoms with E-state index in [1.54, 1.807) is 0 Å². The molecule has 0 bridgehead atoms. The summed E-state index contributed by atoms with van der Waals surface area (Å²) >= 11 is 0. The van der Waals surface area contributed by atoms with Gasteiger partial charge in [-0.3, -0.25) is 9.00 Å². The predicted octanol–water partition coefficient (Wildman–Crippen LogP) is 2.29. The zero-order valence-electron chi connectivity index (χ0n) is 9.12. The third-order valence-corrected chi connectivity index (χ3v) is 4.90. The summed E-state index contributed by atoms with van der Waals surface area (Å²) < 4.78 is 11.8. The monoisotopic (exact) mass is 216 g/mol. The topological polar surface area (TPSA) is 34.1 Å². The molecule has 0 amide bonds. The molecule has 0 radical (unpaired) electrons. The maximum absolute atomic E-state index is 11.8. The number of rotatable bonds is 5. The number of carbonyl (C=O) groups excluding carboxylic acids is 1.